The molecule has 128 valence electrons. The molecule has 26 heavy (non-hydrogen) atoms. The summed E-state index contributed by atoms with van der Waals surface area (Å²) < 4.78 is 0. The van der Waals surface area contributed by atoms with Gasteiger partial charge in [0.1, 0.15) is 0 Å². The van der Waals surface area contributed by atoms with Crippen LogP contribution in [0.25, 0.3) is 17.2 Å². The fraction of sp³-hybridized carbons (Fsp3) is 0. The van der Waals surface area contributed by atoms with Gasteiger partial charge >= 0.3 is 5.97 Å². The highest BCUT2D eigenvalue weighted by atomic mass is 16.4. The van der Waals surface area contributed by atoms with Crippen molar-refractivity contribution >= 4 is 23.6 Å². The van der Waals surface area contributed by atoms with Gasteiger partial charge in [0, 0.05) is 18.5 Å². The third-order valence-electron chi connectivity index (χ3n) is 3.75. The lowest BCUT2D eigenvalue weighted by Gasteiger charge is -2.10. The molecule has 1 aromatic heterocycles. The average Bonchev–Trinajstić information content (AvgIpc) is 2.67. The Hall–Kier alpha value is -3.73. The highest BCUT2D eigenvalue weighted by Gasteiger charge is 2.13. The maximum Gasteiger partial charge on any atom is 0.337 e. The van der Waals surface area contributed by atoms with Crippen molar-refractivity contribution in [1.82, 2.24) is 4.98 Å². The van der Waals surface area contributed by atoms with Crippen LogP contribution < -0.4 is 5.32 Å². The number of anilines is 1. The molecular formula is C21H16N2O3. The lowest BCUT2D eigenvalue weighted by atomic mass is 10.0. The van der Waals surface area contributed by atoms with Crippen LogP contribution in [0, 0.1) is 0 Å². The number of aromatic carboxylic acids is 1. The molecule has 0 saturated heterocycles. The minimum Gasteiger partial charge on any atom is -0.478 e. The molecule has 2 N–H and O–H groups in total. The van der Waals surface area contributed by atoms with Crippen LogP contribution >= 0.6 is 0 Å². The first kappa shape index (κ1) is 17.1. The van der Waals surface area contributed by atoms with Crippen molar-refractivity contribution in [2.75, 3.05) is 5.32 Å². The summed E-state index contributed by atoms with van der Waals surface area (Å²) in [4.78, 5) is 27.6. The molecule has 0 spiro atoms. The number of amides is 1. The maximum absolute atomic E-state index is 12.2. The van der Waals surface area contributed by atoms with Crippen molar-refractivity contribution < 1.29 is 14.7 Å². The van der Waals surface area contributed by atoms with Gasteiger partial charge in [0.15, 0.2) is 0 Å². The second-order valence-electron chi connectivity index (χ2n) is 5.53. The number of hydrogen-bond acceptors (Lipinski definition) is 3. The minimum absolute atomic E-state index is 0.0374. The largest absolute Gasteiger partial charge is 0.478 e. The van der Waals surface area contributed by atoms with Crippen LogP contribution in [0.4, 0.5) is 5.69 Å². The van der Waals surface area contributed by atoms with Crippen molar-refractivity contribution in [2.45, 2.75) is 0 Å². The molecule has 0 aliphatic carbocycles. The summed E-state index contributed by atoms with van der Waals surface area (Å²) in [5.74, 6) is -1.51. The number of aromatic nitrogens is 1. The summed E-state index contributed by atoms with van der Waals surface area (Å²) in [5.41, 5.74) is 2.88. The van der Waals surface area contributed by atoms with E-state index in [1.54, 1.807) is 42.7 Å². The third-order valence-corrected chi connectivity index (χ3v) is 3.75. The van der Waals surface area contributed by atoms with Gasteiger partial charge in [-0.2, -0.15) is 0 Å². The Kier molecular flexibility index (Phi) is 5.19. The summed E-state index contributed by atoms with van der Waals surface area (Å²) in [7, 11) is 0. The number of carboxylic acid groups (broad SMARTS) is 1. The standard InChI is InChI=1S/C21H16N2O3/c24-20(9-6-15-10-12-22-13-11-15)23-19-14-17(7-8-18(19)21(25)26)16-4-2-1-3-5-16/h1-14H,(H,23,24)(H,25,26)/b9-6+. The van der Waals surface area contributed by atoms with Crippen LogP contribution in [0.5, 0.6) is 0 Å². The van der Waals surface area contributed by atoms with E-state index < -0.39 is 11.9 Å². The van der Waals surface area contributed by atoms with E-state index in [1.807, 2.05) is 30.3 Å². The van der Waals surface area contributed by atoms with Crippen molar-refractivity contribution in [3.05, 3.63) is 90.3 Å². The van der Waals surface area contributed by atoms with E-state index in [-0.39, 0.29) is 11.3 Å². The topological polar surface area (TPSA) is 79.3 Å². The van der Waals surface area contributed by atoms with Gasteiger partial charge < -0.3 is 10.4 Å². The molecule has 0 bridgehead atoms. The van der Waals surface area contributed by atoms with Crippen LogP contribution in [0.3, 0.4) is 0 Å². The van der Waals surface area contributed by atoms with E-state index in [2.05, 4.69) is 10.3 Å². The number of carbonyl (C=O) groups excluding carboxylic acids is 1. The number of benzene rings is 2. The van der Waals surface area contributed by atoms with E-state index in [4.69, 9.17) is 0 Å². The normalized spacial score (nSPS) is 10.6. The molecule has 1 heterocycles. The highest BCUT2D eigenvalue weighted by Crippen LogP contribution is 2.26. The van der Waals surface area contributed by atoms with Gasteiger partial charge in [0.25, 0.3) is 0 Å². The van der Waals surface area contributed by atoms with Crippen LogP contribution in [0.15, 0.2) is 79.1 Å². The van der Waals surface area contributed by atoms with Crippen LogP contribution in [-0.2, 0) is 4.79 Å². The van der Waals surface area contributed by atoms with Crippen LogP contribution in [0.2, 0.25) is 0 Å². The Labute approximate surface area is 150 Å². The minimum atomic E-state index is -1.10. The predicted molar refractivity (Wildman–Crippen MR) is 101 cm³/mol. The molecule has 0 fully saturated rings. The number of rotatable bonds is 5. The Morgan fingerprint density at radius 3 is 2.35 bits per heavy atom. The first-order valence-electron chi connectivity index (χ1n) is 7.95. The second-order valence-corrected chi connectivity index (χ2v) is 5.53. The van der Waals surface area contributed by atoms with Crippen molar-refractivity contribution in [3.63, 3.8) is 0 Å². The number of carbonyl (C=O) groups is 2. The summed E-state index contributed by atoms with van der Waals surface area (Å²) in [6.45, 7) is 0. The number of nitrogens with zero attached hydrogens (tertiary/aromatic N) is 1. The molecule has 2 aromatic carbocycles. The van der Waals surface area contributed by atoms with Crippen molar-refractivity contribution in [1.29, 1.82) is 0 Å². The number of pyridine rings is 1. The number of nitrogens with one attached hydrogen (secondary N) is 1. The van der Waals surface area contributed by atoms with Gasteiger partial charge in [0.05, 0.1) is 11.3 Å². The summed E-state index contributed by atoms with van der Waals surface area (Å²) in [5, 5.41) is 12.0. The Bertz CT molecular complexity index is 952. The maximum atomic E-state index is 12.2. The zero-order valence-corrected chi connectivity index (χ0v) is 13.8. The van der Waals surface area contributed by atoms with Gasteiger partial charge in [-0.15, -0.1) is 0 Å². The molecule has 0 aliphatic heterocycles. The lowest BCUT2D eigenvalue weighted by molar-refractivity contribution is -0.111. The first-order chi connectivity index (χ1) is 12.6. The van der Waals surface area contributed by atoms with E-state index in [0.29, 0.717) is 0 Å². The molecule has 3 aromatic rings. The van der Waals surface area contributed by atoms with Gasteiger partial charge in [-0.05, 0) is 47.0 Å². The SMILES string of the molecule is O=C(/C=C/c1ccncc1)Nc1cc(-c2ccccc2)ccc1C(=O)O. The zero-order valence-electron chi connectivity index (χ0n) is 13.8. The van der Waals surface area contributed by atoms with Gasteiger partial charge in [-0.1, -0.05) is 36.4 Å². The molecule has 0 saturated carbocycles. The average molecular weight is 344 g/mol. The zero-order chi connectivity index (χ0) is 18.4. The van der Waals surface area contributed by atoms with Gasteiger partial charge in [0.2, 0.25) is 5.91 Å². The van der Waals surface area contributed by atoms with E-state index in [1.165, 1.54) is 12.1 Å². The molecule has 0 aliphatic rings. The predicted octanol–water partition coefficient (Wildman–Crippen LogP) is 4.10. The summed E-state index contributed by atoms with van der Waals surface area (Å²) >= 11 is 0. The van der Waals surface area contributed by atoms with Crippen molar-refractivity contribution in [2.24, 2.45) is 0 Å². The monoisotopic (exact) mass is 344 g/mol. The molecule has 5 heteroatoms. The first-order valence-corrected chi connectivity index (χ1v) is 7.95. The van der Waals surface area contributed by atoms with Crippen LogP contribution in [-0.4, -0.2) is 22.0 Å². The van der Waals surface area contributed by atoms with Crippen molar-refractivity contribution in [3.8, 4) is 11.1 Å². The van der Waals surface area contributed by atoms with Crippen LogP contribution in [0.1, 0.15) is 15.9 Å². The Morgan fingerprint density at radius 1 is 0.923 bits per heavy atom. The van der Waals surface area contributed by atoms with Gasteiger partial charge in [-0.3, -0.25) is 9.78 Å². The lowest BCUT2D eigenvalue weighted by Crippen LogP contribution is -2.12. The molecule has 0 unspecified atom stereocenters. The number of hydrogen-bond donors (Lipinski definition) is 2. The summed E-state index contributed by atoms with van der Waals surface area (Å²) in [6, 6.07) is 18.0. The quantitative estimate of drug-likeness (QED) is 0.683. The molecule has 5 nitrogen and oxygen atoms in total. The highest BCUT2D eigenvalue weighted by molar-refractivity contribution is 6.06. The molecule has 0 radical (unpaired) electrons. The van der Waals surface area contributed by atoms with E-state index >= 15 is 0 Å². The Morgan fingerprint density at radius 2 is 1.65 bits per heavy atom. The Balaban J connectivity index is 1.86. The fourth-order valence-electron chi connectivity index (χ4n) is 2.47. The van der Waals surface area contributed by atoms with Gasteiger partial charge in [-0.25, -0.2) is 4.79 Å². The fourth-order valence-corrected chi connectivity index (χ4v) is 2.47. The third kappa shape index (κ3) is 4.21. The van der Waals surface area contributed by atoms with E-state index in [0.717, 1.165) is 16.7 Å². The molecule has 0 atom stereocenters. The summed E-state index contributed by atoms with van der Waals surface area (Å²) in [6.07, 6.45) is 6.25. The molecule has 1 amide bonds. The smallest absolute Gasteiger partial charge is 0.337 e. The molecule has 3 rings (SSSR count). The second kappa shape index (κ2) is 7.90. The van der Waals surface area contributed by atoms with E-state index in [9.17, 15) is 14.7 Å². The number of carboxylic acids is 1. The molecular weight excluding hydrogens is 328 g/mol.